The third-order valence-electron chi connectivity index (χ3n) is 2.80. The molecule has 2 rings (SSSR count). The van der Waals surface area contributed by atoms with Gasteiger partial charge in [0.05, 0.1) is 5.69 Å². The number of hydrogen-bond donors (Lipinski definition) is 2. The summed E-state index contributed by atoms with van der Waals surface area (Å²) in [6.07, 6.45) is 5.70. The average molecular weight is 251 g/mol. The van der Waals surface area contributed by atoms with Gasteiger partial charge in [-0.1, -0.05) is 6.08 Å². The Morgan fingerprint density at radius 3 is 3.29 bits per heavy atom. The van der Waals surface area contributed by atoms with E-state index in [4.69, 9.17) is 5.73 Å². The number of carbonyl (C=O) groups excluding carboxylic acids is 1. The van der Waals surface area contributed by atoms with E-state index in [1.165, 1.54) is 4.88 Å². The fraction of sp³-hybridized carbons (Fsp3) is 0.500. The van der Waals surface area contributed by atoms with Gasteiger partial charge < -0.3 is 11.1 Å². The molecule has 3 N–H and O–H groups in total. The van der Waals surface area contributed by atoms with E-state index >= 15 is 0 Å². The van der Waals surface area contributed by atoms with Crippen LogP contribution >= 0.6 is 11.3 Å². The molecule has 5 heteroatoms. The van der Waals surface area contributed by atoms with Gasteiger partial charge >= 0.3 is 0 Å². The molecule has 0 saturated carbocycles. The first-order valence-electron chi connectivity index (χ1n) is 5.84. The second-order valence-electron chi connectivity index (χ2n) is 4.27. The molecule has 0 spiro atoms. The summed E-state index contributed by atoms with van der Waals surface area (Å²) < 4.78 is 0. The maximum atomic E-state index is 11.5. The van der Waals surface area contributed by atoms with Crippen LogP contribution in [0.15, 0.2) is 12.7 Å². The highest BCUT2D eigenvalue weighted by atomic mass is 32.1. The summed E-state index contributed by atoms with van der Waals surface area (Å²) in [5.74, 6) is 0.000274. The van der Waals surface area contributed by atoms with Crippen LogP contribution in [0.2, 0.25) is 0 Å². The number of allylic oxidation sites excluding steroid dienone is 1. The maximum absolute atomic E-state index is 11.5. The maximum Gasteiger partial charge on any atom is 0.226 e. The Hall–Kier alpha value is -1.20. The van der Waals surface area contributed by atoms with E-state index in [1.807, 2.05) is 0 Å². The summed E-state index contributed by atoms with van der Waals surface area (Å²) >= 11 is 1.55. The van der Waals surface area contributed by atoms with Crippen molar-refractivity contribution in [2.24, 2.45) is 5.73 Å². The number of nitrogens with zero attached hydrogens (tertiary/aromatic N) is 1. The minimum atomic E-state index is 0.000274. The van der Waals surface area contributed by atoms with Gasteiger partial charge in [-0.25, -0.2) is 4.98 Å². The van der Waals surface area contributed by atoms with Gasteiger partial charge in [0.2, 0.25) is 5.91 Å². The molecule has 0 unspecified atom stereocenters. The number of carbonyl (C=O) groups is 1. The first-order valence-corrected chi connectivity index (χ1v) is 6.65. The molecule has 0 bridgehead atoms. The van der Waals surface area contributed by atoms with Gasteiger partial charge in [-0.2, -0.15) is 0 Å². The molecule has 0 aromatic carbocycles. The summed E-state index contributed by atoms with van der Waals surface area (Å²) in [6.45, 7) is 3.59. The lowest BCUT2D eigenvalue weighted by Crippen LogP contribution is -2.27. The molecular formula is C12H17N3OS. The van der Waals surface area contributed by atoms with Crippen LogP contribution in [0.5, 0.6) is 0 Å². The number of amides is 1. The summed E-state index contributed by atoms with van der Waals surface area (Å²) in [4.78, 5) is 17.2. The number of nitrogens with one attached hydrogen (secondary N) is 1. The zero-order valence-corrected chi connectivity index (χ0v) is 10.6. The summed E-state index contributed by atoms with van der Waals surface area (Å²) in [6, 6.07) is 0.243. The molecular weight excluding hydrogens is 234 g/mol. The van der Waals surface area contributed by atoms with E-state index in [-0.39, 0.29) is 11.9 Å². The number of aromatic nitrogens is 1. The minimum absolute atomic E-state index is 0.000274. The lowest BCUT2D eigenvalue weighted by Gasteiger charge is -2.15. The number of fused-ring (bicyclic) bond motifs is 1. The predicted octanol–water partition coefficient (Wildman–Crippen LogP) is 1.86. The first-order chi connectivity index (χ1) is 8.19. The molecule has 0 radical (unpaired) electrons. The second kappa shape index (κ2) is 5.42. The largest absolute Gasteiger partial charge is 0.327 e. The number of aryl methyl sites for hydroxylation is 1. The molecule has 1 atom stereocenters. The molecule has 17 heavy (non-hydrogen) atoms. The number of anilines is 1. The molecule has 0 saturated heterocycles. The Balaban J connectivity index is 1.98. The SMILES string of the molecule is C=CCCC(=O)Nc1nc2c(s1)C[C@@H](N)CC2. The van der Waals surface area contributed by atoms with Crippen molar-refractivity contribution in [2.45, 2.75) is 38.1 Å². The molecule has 92 valence electrons. The highest BCUT2D eigenvalue weighted by Gasteiger charge is 2.20. The normalized spacial score (nSPS) is 18.5. The fourth-order valence-corrected chi connectivity index (χ4v) is 2.99. The number of rotatable bonds is 4. The van der Waals surface area contributed by atoms with Crippen LogP contribution in [-0.2, 0) is 17.6 Å². The lowest BCUT2D eigenvalue weighted by atomic mass is 9.99. The van der Waals surface area contributed by atoms with Crippen molar-refractivity contribution >= 4 is 22.4 Å². The van der Waals surface area contributed by atoms with E-state index in [1.54, 1.807) is 17.4 Å². The molecule has 1 aliphatic carbocycles. The average Bonchev–Trinajstić information content (AvgIpc) is 2.67. The van der Waals surface area contributed by atoms with E-state index in [0.29, 0.717) is 18.0 Å². The van der Waals surface area contributed by atoms with Crippen LogP contribution in [0.4, 0.5) is 5.13 Å². The Morgan fingerprint density at radius 2 is 2.53 bits per heavy atom. The van der Waals surface area contributed by atoms with Crippen molar-refractivity contribution in [3.8, 4) is 0 Å². The van der Waals surface area contributed by atoms with Gasteiger partial charge in [-0.05, 0) is 25.7 Å². The topological polar surface area (TPSA) is 68.0 Å². The van der Waals surface area contributed by atoms with Crippen LogP contribution in [-0.4, -0.2) is 16.9 Å². The predicted molar refractivity (Wildman–Crippen MR) is 70.2 cm³/mol. The van der Waals surface area contributed by atoms with Crippen LogP contribution < -0.4 is 11.1 Å². The third-order valence-corrected chi connectivity index (χ3v) is 3.84. The van der Waals surface area contributed by atoms with Crippen molar-refractivity contribution in [3.63, 3.8) is 0 Å². The Kier molecular flexibility index (Phi) is 3.91. The van der Waals surface area contributed by atoms with Crippen molar-refractivity contribution in [1.29, 1.82) is 0 Å². The second-order valence-corrected chi connectivity index (χ2v) is 5.35. The molecule has 1 heterocycles. The standard InChI is InChI=1S/C12H17N3OS/c1-2-3-4-11(16)15-12-14-9-6-5-8(13)7-10(9)17-12/h2,8H,1,3-7,13H2,(H,14,15,16)/t8-/m0/s1. The molecule has 1 amide bonds. The lowest BCUT2D eigenvalue weighted by molar-refractivity contribution is -0.116. The van der Waals surface area contributed by atoms with Crippen LogP contribution in [0.25, 0.3) is 0 Å². The zero-order valence-electron chi connectivity index (χ0n) is 9.74. The smallest absolute Gasteiger partial charge is 0.226 e. The zero-order chi connectivity index (χ0) is 12.3. The Labute approximate surface area is 105 Å². The summed E-state index contributed by atoms with van der Waals surface area (Å²) in [5.41, 5.74) is 7.01. The molecule has 1 aliphatic rings. The van der Waals surface area contributed by atoms with Gasteiger partial charge in [0.15, 0.2) is 5.13 Å². The summed E-state index contributed by atoms with van der Waals surface area (Å²) in [5, 5.41) is 3.54. The third kappa shape index (κ3) is 3.14. The van der Waals surface area contributed by atoms with E-state index in [2.05, 4.69) is 16.9 Å². The van der Waals surface area contributed by atoms with Crippen molar-refractivity contribution in [1.82, 2.24) is 4.98 Å². The van der Waals surface area contributed by atoms with E-state index in [9.17, 15) is 4.79 Å². The minimum Gasteiger partial charge on any atom is -0.327 e. The van der Waals surface area contributed by atoms with Crippen LogP contribution in [0, 0.1) is 0 Å². The summed E-state index contributed by atoms with van der Waals surface area (Å²) in [7, 11) is 0. The monoisotopic (exact) mass is 251 g/mol. The molecule has 0 fully saturated rings. The first kappa shape index (κ1) is 12.3. The van der Waals surface area contributed by atoms with Crippen molar-refractivity contribution in [3.05, 3.63) is 23.2 Å². The van der Waals surface area contributed by atoms with Crippen LogP contribution in [0.3, 0.4) is 0 Å². The quantitative estimate of drug-likeness (QED) is 0.803. The highest BCUT2D eigenvalue weighted by Crippen LogP contribution is 2.29. The highest BCUT2D eigenvalue weighted by molar-refractivity contribution is 7.15. The molecule has 1 aromatic heterocycles. The van der Waals surface area contributed by atoms with E-state index < -0.39 is 0 Å². The van der Waals surface area contributed by atoms with Gasteiger partial charge in [0.1, 0.15) is 0 Å². The molecule has 1 aromatic rings. The van der Waals surface area contributed by atoms with Crippen LogP contribution in [0.1, 0.15) is 29.8 Å². The van der Waals surface area contributed by atoms with Gasteiger partial charge in [-0.15, -0.1) is 17.9 Å². The molecule has 0 aliphatic heterocycles. The van der Waals surface area contributed by atoms with Gasteiger partial charge in [0, 0.05) is 17.3 Å². The van der Waals surface area contributed by atoms with Gasteiger partial charge in [-0.3, -0.25) is 4.79 Å². The van der Waals surface area contributed by atoms with Crippen molar-refractivity contribution in [2.75, 3.05) is 5.32 Å². The van der Waals surface area contributed by atoms with E-state index in [0.717, 1.165) is 25.0 Å². The molecule has 4 nitrogen and oxygen atoms in total. The van der Waals surface area contributed by atoms with Gasteiger partial charge in [0.25, 0.3) is 0 Å². The Morgan fingerprint density at radius 1 is 1.71 bits per heavy atom. The fourth-order valence-electron chi connectivity index (χ4n) is 1.87. The number of hydrogen-bond acceptors (Lipinski definition) is 4. The number of nitrogens with two attached hydrogens (primary N) is 1. The van der Waals surface area contributed by atoms with Crippen molar-refractivity contribution < 1.29 is 4.79 Å². The number of thiazole rings is 1. The Bertz CT molecular complexity index is 427.